The van der Waals surface area contributed by atoms with Crippen LogP contribution >= 0.6 is 11.3 Å². The minimum atomic E-state index is -1.10. The molecule has 5 saturated heterocycles. The van der Waals surface area contributed by atoms with E-state index in [9.17, 15) is 29.1 Å². The molecule has 3 N–H and O–H groups in total. The van der Waals surface area contributed by atoms with E-state index in [0.29, 0.717) is 74.0 Å². The molecule has 8 aliphatic rings. The minimum Gasteiger partial charge on any atom is -0.476 e. The summed E-state index contributed by atoms with van der Waals surface area (Å²) in [6.45, 7) is 4.64. The Morgan fingerprint density at radius 2 is 1.75 bits per heavy atom. The van der Waals surface area contributed by atoms with Crippen LogP contribution < -0.4 is 25.2 Å². The lowest BCUT2D eigenvalue weighted by atomic mass is 9.66. The number of hydrogen-bond acceptors (Lipinski definition) is 13. The predicted octanol–water partition coefficient (Wildman–Crippen LogP) is 4.08. The van der Waals surface area contributed by atoms with Crippen molar-refractivity contribution in [2.75, 3.05) is 54.4 Å². The molecule has 2 bridgehead atoms. The van der Waals surface area contributed by atoms with Crippen LogP contribution in [0, 0.1) is 17.2 Å². The molecule has 5 amide bonds. The van der Waals surface area contributed by atoms with Gasteiger partial charge >= 0.3 is 0 Å². The Morgan fingerprint density at radius 1 is 0.955 bits per heavy atom. The molecule has 1 aliphatic carbocycles. The van der Waals surface area contributed by atoms with Gasteiger partial charge in [0.2, 0.25) is 11.8 Å². The van der Waals surface area contributed by atoms with E-state index in [1.54, 1.807) is 36.2 Å². The van der Waals surface area contributed by atoms with Crippen LogP contribution in [0.2, 0.25) is 0 Å². The van der Waals surface area contributed by atoms with Crippen molar-refractivity contribution >= 4 is 57.5 Å². The maximum Gasteiger partial charge on any atom is 0.270 e. The van der Waals surface area contributed by atoms with E-state index in [0.717, 1.165) is 55.2 Å². The van der Waals surface area contributed by atoms with Gasteiger partial charge in [-0.2, -0.15) is 0 Å². The Balaban J connectivity index is 0.633. The van der Waals surface area contributed by atoms with Gasteiger partial charge in [-0.3, -0.25) is 34.6 Å². The van der Waals surface area contributed by atoms with E-state index < -0.39 is 40.8 Å². The summed E-state index contributed by atoms with van der Waals surface area (Å²) in [6, 6.07) is 13.5. The van der Waals surface area contributed by atoms with Gasteiger partial charge in [0.1, 0.15) is 17.4 Å². The summed E-state index contributed by atoms with van der Waals surface area (Å²) in [5.41, 5.74) is 2.09. The number of carbonyl (C=O) groups excluding carboxylic acids is 5. The first-order chi connectivity index (χ1) is 32.3. The number of piperidine rings is 3. The highest BCUT2D eigenvalue weighted by atomic mass is 32.1. The Hall–Kier alpha value is -6.73. The normalized spacial score (nSPS) is 23.5. The summed E-state index contributed by atoms with van der Waals surface area (Å²) < 4.78 is 24.0. The summed E-state index contributed by atoms with van der Waals surface area (Å²) in [7, 11) is 0. The van der Waals surface area contributed by atoms with Gasteiger partial charge in [-0.1, -0.05) is 12.1 Å². The van der Waals surface area contributed by atoms with Crippen molar-refractivity contribution in [3.05, 3.63) is 101 Å². The van der Waals surface area contributed by atoms with E-state index in [-0.39, 0.29) is 47.2 Å². The molecule has 6 fully saturated rings. The van der Waals surface area contributed by atoms with Crippen LogP contribution in [-0.4, -0.2) is 114 Å². The van der Waals surface area contributed by atoms with Gasteiger partial charge < -0.3 is 34.0 Å². The zero-order valence-corrected chi connectivity index (χ0v) is 37.3. The van der Waals surface area contributed by atoms with E-state index in [2.05, 4.69) is 35.4 Å². The number of fused-ring (bicyclic) bond motifs is 4. The number of aliphatic hydroxyl groups is 1. The molecule has 5 aromatic rings. The lowest BCUT2D eigenvalue weighted by Crippen LogP contribution is -2.73. The Bertz CT molecular complexity index is 2840. The molecule has 1 spiro atoms. The Labute approximate surface area is 387 Å². The van der Waals surface area contributed by atoms with Crippen LogP contribution in [0.15, 0.2) is 72.6 Å². The number of imidazole rings is 1. The van der Waals surface area contributed by atoms with E-state index in [1.165, 1.54) is 22.3 Å². The first kappa shape index (κ1) is 41.7. The molecule has 7 aliphatic heterocycles. The third-order valence-electron chi connectivity index (χ3n) is 15.0. The second-order valence-electron chi connectivity index (χ2n) is 19.4. The third kappa shape index (κ3) is 7.12. The number of hydrogen-bond donors (Lipinski definition) is 3. The van der Waals surface area contributed by atoms with Gasteiger partial charge in [0.25, 0.3) is 17.7 Å². The molecule has 1 saturated carbocycles. The van der Waals surface area contributed by atoms with Crippen molar-refractivity contribution in [2.24, 2.45) is 11.3 Å². The maximum absolute atomic E-state index is 16.0. The number of imide groups is 1. The highest BCUT2D eigenvalue weighted by Crippen LogP contribution is 2.46. The Kier molecular flexibility index (Phi) is 9.59. The van der Waals surface area contributed by atoms with E-state index in [1.807, 2.05) is 39.8 Å². The number of aromatic nitrogens is 4. The first-order valence-electron chi connectivity index (χ1n) is 22.8. The number of thiazole rings is 1. The number of pyridine rings is 1. The molecule has 2 aromatic carbocycles. The second kappa shape index (κ2) is 15.4. The monoisotopic (exact) mass is 926 g/mol. The fraction of sp³-hybridized carbons (Fsp3) is 0.417. The Morgan fingerprint density at radius 3 is 2.46 bits per heavy atom. The van der Waals surface area contributed by atoms with Crippen LogP contribution in [0.3, 0.4) is 0 Å². The van der Waals surface area contributed by atoms with Crippen LogP contribution in [0.1, 0.15) is 71.9 Å². The number of aryl methyl sites for hydroxylation is 1. The van der Waals surface area contributed by atoms with Crippen molar-refractivity contribution in [1.82, 2.24) is 34.6 Å². The molecule has 1 unspecified atom stereocenters. The number of carbonyl (C=O) groups is 5. The fourth-order valence-corrected chi connectivity index (χ4v) is 11.8. The molecule has 19 heteroatoms. The fourth-order valence-electron chi connectivity index (χ4n) is 11.2. The summed E-state index contributed by atoms with van der Waals surface area (Å²) in [6.07, 6.45) is 8.19. The summed E-state index contributed by atoms with van der Waals surface area (Å²) in [5, 5.41) is 18.8. The lowest BCUT2D eigenvalue weighted by molar-refractivity contribution is -0.168. The molecular formula is C48H47FN10O7S. The minimum absolute atomic E-state index is 0.00108. The van der Waals surface area contributed by atoms with Gasteiger partial charge in [0.15, 0.2) is 16.8 Å². The number of rotatable bonds is 11. The number of nitrogens with zero attached hydrogens (tertiary/aromatic N) is 8. The quantitative estimate of drug-likeness (QED) is 0.161. The highest BCUT2D eigenvalue weighted by molar-refractivity contribution is 7.13. The number of amides is 5. The van der Waals surface area contributed by atoms with Gasteiger partial charge in [-0.05, 0) is 73.2 Å². The lowest BCUT2D eigenvalue weighted by Gasteiger charge is -2.61. The molecule has 1 atom stereocenters. The second-order valence-corrected chi connectivity index (χ2v) is 20.3. The van der Waals surface area contributed by atoms with Gasteiger partial charge in [0, 0.05) is 104 Å². The smallest absolute Gasteiger partial charge is 0.270 e. The summed E-state index contributed by atoms with van der Waals surface area (Å²) in [4.78, 5) is 86.5. The maximum atomic E-state index is 16.0. The van der Waals surface area contributed by atoms with Gasteiger partial charge in [-0.25, -0.2) is 19.3 Å². The van der Waals surface area contributed by atoms with Crippen LogP contribution in [0.5, 0.6) is 5.75 Å². The van der Waals surface area contributed by atoms with E-state index >= 15 is 4.39 Å². The number of nitrogens with one attached hydrogen (secondary N) is 2. The number of anilines is 3. The number of halogens is 1. The average Bonchev–Trinajstić information content (AvgIpc) is 4.09. The van der Waals surface area contributed by atoms with Crippen molar-refractivity contribution in [1.29, 1.82) is 0 Å². The van der Waals surface area contributed by atoms with Gasteiger partial charge in [-0.15, -0.1) is 11.3 Å². The third-order valence-corrected chi connectivity index (χ3v) is 15.7. The van der Waals surface area contributed by atoms with Crippen molar-refractivity contribution in [3.63, 3.8) is 0 Å². The summed E-state index contributed by atoms with van der Waals surface area (Å²) >= 11 is 1.27. The zero-order valence-electron chi connectivity index (χ0n) is 36.5. The topological polar surface area (TPSA) is 195 Å². The van der Waals surface area contributed by atoms with E-state index in [4.69, 9.17) is 4.74 Å². The van der Waals surface area contributed by atoms with Crippen molar-refractivity contribution in [2.45, 2.75) is 75.3 Å². The average molecular weight is 927 g/mol. The highest BCUT2D eigenvalue weighted by Gasteiger charge is 2.60. The van der Waals surface area contributed by atoms with Crippen LogP contribution in [-0.2, 0) is 38.7 Å². The van der Waals surface area contributed by atoms with Crippen LogP contribution in [0.25, 0.3) is 11.1 Å². The SMILES string of the molecule is O=C1NC(=O)C2(Oc3ccc(N4CCC(O)(CC(=O)N5CC6(C5)CN(c5ccc(-c7cc(F)c8c(c7)C(=O)N(C(C(=O)Nc7nccs7)c7ncn9c7CCC9)C8)cc5)C6)CC4)nc3)CC1C2. The summed E-state index contributed by atoms with van der Waals surface area (Å²) in [5.74, 6) is -1.09. The standard InChI is InChI=1S/C48H47FN10O7S/c49-35-17-29(16-33-34(35)22-59(43(33)63)40(42(62)54-45-50-11-15-67-45)39-36-2-1-12-56(36)27-52-39)28-3-5-31(6-4-28)57-23-46(24-57)25-58(26-46)38(60)20-47(65)9-13-55(14-10-47)37-8-7-32(21-51-37)66-48-18-30(19-48)41(61)53-44(48)64/h3-8,11,15-17,21,27,30,40,65H,1-2,9-10,12-14,18-20,22-26H2,(H,50,54,62)(H,53,61,64). The van der Waals surface area contributed by atoms with Crippen molar-refractivity contribution in [3.8, 4) is 16.9 Å². The van der Waals surface area contributed by atoms with Crippen LogP contribution in [0.4, 0.5) is 21.0 Å². The van der Waals surface area contributed by atoms with Crippen molar-refractivity contribution < 1.29 is 38.2 Å². The molecule has 0 radical (unpaired) electrons. The first-order valence-corrected chi connectivity index (χ1v) is 23.7. The number of ether oxygens (including phenoxy) is 1. The molecule has 13 rings (SSSR count). The molecular weight excluding hydrogens is 880 g/mol. The molecule has 10 heterocycles. The largest absolute Gasteiger partial charge is 0.476 e. The number of benzene rings is 2. The molecule has 3 aromatic heterocycles. The van der Waals surface area contributed by atoms with Gasteiger partial charge in [0.05, 0.1) is 36.8 Å². The zero-order chi connectivity index (χ0) is 45.8. The molecule has 344 valence electrons. The predicted molar refractivity (Wildman–Crippen MR) is 241 cm³/mol. The molecule has 17 nitrogen and oxygen atoms in total. The number of likely N-dealkylation sites (tertiary alicyclic amines) is 1. The molecule has 67 heavy (non-hydrogen) atoms.